The maximum atomic E-state index is 12.1. The van der Waals surface area contributed by atoms with Crippen molar-refractivity contribution in [2.75, 3.05) is 0 Å². The van der Waals surface area contributed by atoms with E-state index in [-0.39, 0.29) is 25.8 Å². The smallest absolute Gasteiger partial charge is 0.868 e. The van der Waals surface area contributed by atoms with Crippen molar-refractivity contribution < 1.29 is 134 Å². The molecule has 4 aromatic carbocycles. The third kappa shape index (κ3) is 8.97. The van der Waals surface area contributed by atoms with Crippen LogP contribution in [0.3, 0.4) is 0 Å². The number of hydrogen-bond donors (Lipinski definition) is 0. The van der Waals surface area contributed by atoms with Gasteiger partial charge in [0.05, 0.1) is 0 Å². The molecule has 264 valence electrons. The van der Waals surface area contributed by atoms with Crippen LogP contribution >= 0.6 is 0 Å². The number of hydrogen-bond acceptors (Lipinski definition) is 4. The van der Waals surface area contributed by atoms with E-state index in [4.69, 9.17) is 0 Å². The maximum Gasteiger partial charge on any atom is 4.00 e. The molecule has 0 heterocycles. The Hall–Kier alpha value is -4.45. The first-order chi connectivity index (χ1) is 21.9. The van der Waals surface area contributed by atoms with Crippen LogP contribution in [-0.4, -0.2) is 0 Å². The Morgan fingerprint density at radius 3 is 0.306 bits per heavy atom. The summed E-state index contributed by atoms with van der Waals surface area (Å²) in [7, 11) is 0. The third-order valence-electron chi connectivity index (χ3n) is 4.68. The zero-order valence-corrected chi connectivity index (χ0v) is 25.3. The minimum atomic E-state index is -2.33. The van der Waals surface area contributed by atoms with Gasteiger partial charge in [0.1, 0.15) is 0 Å². The van der Waals surface area contributed by atoms with E-state index in [1.807, 2.05) is 0 Å². The van der Waals surface area contributed by atoms with Gasteiger partial charge in [-0.1, -0.05) is 0 Å². The van der Waals surface area contributed by atoms with Crippen LogP contribution in [0, 0.1) is 116 Å². The molecule has 0 atom stereocenters. The van der Waals surface area contributed by atoms with Crippen LogP contribution in [-0.2, 0) is 25.8 Å². The molecule has 0 bridgehead atoms. The van der Waals surface area contributed by atoms with Crippen molar-refractivity contribution >= 4 is 0 Å². The molecule has 49 heavy (non-hydrogen) atoms. The molecule has 0 fully saturated rings. The monoisotopic (exact) mass is 912 g/mol. The minimum Gasteiger partial charge on any atom is -0.868 e. The molecule has 0 amide bonds. The summed E-state index contributed by atoms with van der Waals surface area (Å²) in [5.74, 6) is -54.3. The van der Waals surface area contributed by atoms with Crippen molar-refractivity contribution in [3.63, 3.8) is 0 Å². The van der Waals surface area contributed by atoms with E-state index in [1.54, 1.807) is 0 Å². The minimum absolute atomic E-state index is 0. The second kappa shape index (κ2) is 17.3. The summed E-state index contributed by atoms with van der Waals surface area (Å²) in [6.45, 7) is 0. The molecular formula is C24F20HfO4. The van der Waals surface area contributed by atoms with E-state index in [1.165, 1.54) is 0 Å². The predicted octanol–water partition coefficient (Wildman–Crippen LogP) is 5.82. The second-order valence-corrected chi connectivity index (χ2v) is 7.60. The van der Waals surface area contributed by atoms with E-state index < -0.39 is 139 Å². The maximum absolute atomic E-state index is 12.1. The number of halogens is 20. The van der Waals surface area contributed by atoms with Crippen molar-refractivity contribution in [3.05, 3.63) is 116 Å². The molecule has 25 heteroatoms. The van der Waals surface area contributed by atoms with Gasteiger partial charge in [-0.2, -0.15) is 0 Å². The van der Waals surface area contributed by atoms with Gasteiger partial charge in [0.2, 0.25) is 0 Å². The van der Waals surface area contributed by atoms with Crippen LogP contribution in [0.2, 0.25) is 0 Å². The Labute approximate surface area is 273 Å². The predicted molar refractivity (Wildman–Crippen MR) is 103 cm³/mol. The van der Waals surface area contributed by atoms with Crippen LogP contribution in [0.1, 0.15) is 0 Å². The summed E-state index contributed by atoms with van der Waals surface area (Å²) < 4.78 is 242. The average Bonchev–Trinajstić information content (AvgIpc) is 3.08. The fourth-order valence-corrected chi connectivity index (χ4v) is 2.34. The van der Waals surface area contributed by atoms with Crippen LogP contribution in [0.25, 0.3) is 0 Å². The van der Waals surface area contributed by atoms with Crippen molar-refractivity contribution in [2.45, 2.75) is 0 Å². The van der Waals surface area contributed by atoms with Crippen LogP contribution in [0.15, 0.2) is 0 Å². The normalized spacial score (nSPS) is 10.2. The molecule has 4 rings (SSSR count). The molecule has 0 aliphatic carbocycles. The fourth-order valence-electron chi connectivity index (χ4n) is 2.34. The standard InChI is InChI=1S/4C6HF5O.Hf/c4*7-1-2(8)4(10)6(12)5(11)3(1)9;/h4*12H;/q;;;;+4/p-4. The van der Waals surface area contributed by atoms with Gasteiger partial charge in [0, 0.05) is 0 Å². The Balaban J connectivity index is 0.000000623. The first-order valence-corrected chi connectivity index (χ1v) is 10.6. The van der Waals surface area contributed by atoms with Gasteiger partial charge in [0.15, 0.2) is 116 Å². The molecule has 0 saturated carbocycles. The van der Waals surface area contributed by atoms with Gasteiger partial charge in [-0.15, -0.1) is 0 Å². The molecule has 0 spiro atoms. The molecular weight excluding hydrogens is 911 g/mol. The summed E-state index contributed by atoms with van der Waals surface area (Å²) in [4.78, 5) is 0. The molecule has 0 aliphatic heterocycles. The van der Waals surface area contributed by atoms with Gasteiger partial charge in [-0.3, -0.25) is 0 Å². The van der Waals surface area contributed by atoms with E-state index in [2.05, 4.69) is 0 Å². The first kappa shape index (κ1) is 44.6. The van der Waals surface area contributed by atoms with Crippen LogP contribution in [0.5, 0.6) is 23.0 Å². The molecule has 0 aliphatic rings. The number of rotatable bonds is 0. The van der Waals surface area contributed by atoms with Gasteiger partial charge in [0.25, 0.3) is 0 Å². The van der Waals surface area contributed by atoms with E-state index in [0.29, 0.717) is 0 Å². The topological polar surface area (TPSA) is 92.2 Å². The molecule has 0 unspecified atom stereocenters. The van der Waals surface area contributed by atoms with E-state index in [9.17, 15) is 108 Å². The van der Waals surface area contributed by atoms with Crippen LogP contribution in [0.4, 0.5) is 87.8 Å². The summed E-state index contributed by atoms with van der Waals surface area (Å²) in [6.07, 6.45) is 0. The van der Waals surface area contributed by atoms with Crippen molar-refractivity contribution in [1.29, 1.82) is 0 Å². The van der Waals surface area contributed by atoms with Crippen molar-refractivity contribution in [1.82, 2.24) is 0 Å². The quantitative estimate of drug-likeness (QED) is 0.0964. The fraction of sp³-hybridized carbons (Fsp3) is 0. The average molecular weight is 911 g/mol. The Kier molecular flexibility index (Phi) is 15.7. The molecule has 0 aromatic heterocycles. The van der Waals surface area contributed by atoms with E-state index in [0.717, 1.165) is 0 Å². The summed E-state index contributed by atoms with van der Waals surface area (Å²) in [5.41, 5.74) is 0. The van der Waals surface area contributed by atoms with Crippen molar-refractivity contribution in [2.24, 2.45) is 0 Å². The zero-order valence-electron chi connectivity index (χ0n) is 21.7. The summed E-state index contributed by atoms with van der Waals surface area (Å²) in [5, 5.41) is 40.7. The Morgan fingerprint density at radius 2 is 0.224 bits per heavy atom. The molecule has 4 aromatic rings. The van der Waals surface area contributed by atoms with Crippen LogP contribution < -0.4 is 20.4 Å². The Bertz CT molecular complexity index is 1200. The Morgan fingerprint density at radius 1 is 0.163 bits per heavy atom. The van der Waals surface area contributed by atoms with Gasteiger partial charge < -0.3 is 20.4 Å². The SMILES string of the molecule is [Hf+4].[O-]c1c(F)c(F)c(F)c(F)c1F.[O-]c1c(F)c(F)c(F)c(F)c1F.[O-]c1c(F)c(F)c(F)c(F)c1F.[O-]c1c(F)c(F)c(F)c(F)c1F. The van der Waals surface area contributed by atoms with Crippen molar-refractivity contribution in [3.8, 4) is 23.0 Å². The molecule has 4 nitrogen and oxygen atoms in total. The molecule has 0 saturated heterocycles. The van der Waals surface area contributed by atoms with Gasteiger partial charge >= 0.3 is 25.8 Å². The van der Waals surface area contributed by atoms with Gasteiger partial charge in [-0.25, -0.2) is 87.8 Å². The molecule has 0 N–H and O–H groups in total. The zero-order chi connectivity index (χ0) is 37.9. The van der Waals surface area contributed by atoms with E-state index >= 15 is 0 Å². The number of benzene rings is 4. The third-order valence-corrected chi connectivity index (χ3v) is 4.68. The summed E-state index contributed by atoms with van der Waals surface area (Å²) in [6, 6.07) is 0. The summed E-state index contributed by atoms with van der Waals surface area (Å²) >= 11 is 0. The second-order valence-electron chi connectivity index (χ2n) is 7.60. The van der Waals surface area contributed by atoms with Gasteiger partial charge in [-0.05, 0) is 23.0 Å². The first-order valence-electron chi connectivity index (χ1n) is 10.6. The molecule has 0 radical (unpaired) electrons. The largest absolute Gasteiger partial charge is 4.00 e.